The summed E-state index contributed by atoms with van der Waals surface area (Å²) in [4.78, 5) is 22.0. The Morgan fingerprint density at radius 3 is 2.43 bits per heavy atom. The lowest BCUT2D eigenvalue weighted by Gasteiger charge is -2.15. The van der Waals surface area contributed by atoms with Crippen molar-refractivity contribution in [2.45, 2.75) is 32.8 Å². The topological polar surface area (TPSA) is 63.6 Å². The van der Waals surface area contributed by atoms with Crippen LogP contribution in [-0.4, -0.2) is 29.1 Å². The monoisotopic (exact) mass is 200 g/mol. The van der Waals surface area contributed by atoms with E-state index in [-0.39, 0.29) is 18.8 Å². The van der Waals surface area contributed by atoms with Crippen LogP contribution in [0.2, 0.25) is 0 Å². The smallest absolute Gasteiger partial charge is 0.330 e. The minimum absolute atomic E-state index is 0.222. The summed E-state index contributed by atoms with van der Waals surface area (Å²) in [5, 5.41) is 9.56. The number of rotatable bonds is 5. The van der Waals surface area contributed by atoms with E-state index >= 15 is 0 Å². The SMILES string of the molecule is CCOC(=O)/C=C/[C@@](C)(O)C(=O)CC. The molecule has 0 rings (SSSR count). The first-order valence-electron chi connectivity index (χ1n) is 4.55. The summed E-state index contributed by atoms with van der Waals surface area (Å²) in [6.45, 7) is 4.94. The minimum atomic E-state index is -1.58. The Kier molecular flexibility index (Phi) is 5.09. The van der Waals surface area contributed by atoms with Gasteiger partial charge in [-0.3, -0.25) is 4.79 Å². The molecule has 0 fully saturated rings. The number of ketones is 1. The molecule has 14 heavy (non-hydrogen) atoms. The fourth-order valence-corrected chi connectivity index (χ4v) is 0.872. The maximum atomic E-state index is 11.2. The highest BCUT2D eigenvalue weighted by molar-refractivity contribution is 5.90. The molecule has 4 heteroatoms. The van der Waals surface area contributed by atoms with Crippen LogP contribution < -0.4 is 0 Å². The quantitative estimate of drug-likeness (QED) is 0.527. The average Bonchev–Trinajstić information content (AvgIpc) is 2.14. The first-order chi connectivity index (χ1) is 6.44. The van der Waals surface area contributed by atoms with Gasteiger partial charge in [-0.1, -0.05) is 6.92 Å². The molecule has 0 aliphatic rings. The van der Waals surface area contributed by atoms with E-state index in [2.05, 4.69) is 4.74 Å². The first-order valence-corrected chi connectivity index (χ1v) is 4.55. The predicted molar refractivity (Wildman–Crippen MR) is 51.7 cm³/mol. The van der Waals surface area contributed by atoms with E-state index in [0.717, 1.165) is 12.2 Å². The van der Waals surface area contributed by atoms with Gasteiger partial charge in [-0.25, -0.2) is 4.79 Å². The third-order valence-electron chi connectivity index (χ3n) is 1.72. The molecule has 0 amide bonds. The zero-order valence-electron chi connectivity index (χ0n) is 8.74. The number of esters is 1. The van der Waals surface area contributed by atoms with Gasteiger partial charge in [0.25, 0.3) is 0 Å². The van der Waals surface area contributed by atoms with Crippen molar-refractivity contribution in [3.63, 3.8) is 0 Å². The van der Waals surface area contributed by atoms with Crippen LogP contribution in [0.1, 0.15) is 27.2 Å². The number of carbonyl (C=O) groups excluding carboxylic acids is 2. The second kappa shape index (κ2) is 5.54. The number of aliphatic hydroxyl groups is 1. The molecule has 0 aliphatic heterocycles. The van der Waals surface area contributed by atoms with Crippen LogP contribution in [0.3, 0.4) is 0 Å². The van der Waals surface area contributed by atoms with Crippen LogP contribution in [0, 0.1) is 0 Å². The van der Waals surface area contributed by atoms with Gasteiger partial charge in [0.05, 0.1) is 6.61 Å². The van der Waals surface area contributed by atoms with E-state index < -0.39 is 11.6 Å². The maximum Gasteiger partial charge on any atom is 0.330 e. The Bertz CT molecular complexity index is 241. The standard InChI is InChI=1S/C10H16O4/c1-4-8(11)10(3,13)7-6-9(12)14-5-2/h6-7,13H,4-5H2,1-3H3/b7-6+/t10-/m1/s1. The molecule has 0 aromatic rings. The molecule has 0 radical (unpaired) electrons. The summed E-state index contributed by atoms with van der Waals surface area (Å²) in [5.74, 6) is -0.894. The third kappa shape index (κ3) is 4.18. The second-order valence-corrected chi connectivity index (χ2v) is 3.01. The maximum absolute atomic E-state index is 11.2. The molecular weight excluding hydrogens is 184 g/mol. The summed E-state index contributed by atoms with van der Waals surface area (Å²) in [6, 6.07) is 0. The average molecular weight is 200 g/mol. The van der Waals surface area contributed by atoms with Crippen molar-refractivity contribution in [1.29, 1.82) is 0 Å². The van der Waals surface area contributed by atoms with E-state index in [1.54, 1.807) is 13.8 Å². The number of hydrogen-bond donors (Lipinski definition) is 1. The molecule has 0 aromatic carbocycles. The van der Waals surface area contributed by atoms with Crippen LogP contribution in [0.15, 0.2) is 12.2 Å². The molecule has 0 aliphatic carbocycles. The zero-order chi connectivity index (χ0) is 11.2. The van der Waals surface area contributed by atoms with Crippen molar-refractivity contribution >= 4 is 11.8 Å². The highest BCUT2D eigenvalue weighted by atomic mass is 16.5. The molecule has 0 aromatic heterocycles. The zero-order valence-corrected chi connectivity index (χ0v) is 8.74. The van der Waals surface area contributed by atoms with Gasteiger partial charge >= 0.3 is 5.97 Å². The molecule has 0 saturated carbocycles. The molecule has 0 spiro atoms. The van der Waals surface area contributed by atoms with E-state index in [1.807, 2.05) is 0 Å². The summed E-state index contributed by atoms with van der Waals surface area (Å²) in [5.41, 5.74) is -1.58. The van der Waals surface area contributed by atoms with Crippen molar-refractivity contribution in [2.75, 3.05) is 6.61 Å². The lowest BCUT2D eigenvalue weighted by atomic mass is 9.99. The van der Waals surface area contributed by atoms with E-state index in [9.17, 15) is 14.7 Å². The fourth-order valence-electron chi connectivity index (χ4n) is 0.872. The van der Waals surface area contributed by atoms with Crippen molar-refractivity contribution < 1.29 is 19.4 Å². The Morgan fingerprint density at radius 2 is 2.00 bits per heavy atom. The first kappa shape index (κ1) is 12.8. The molecule has 0 bridgehead atoms. The number of hydrogen-bond acceptors (Lipinski definition) is 4. The number of ether oxygens (including phenoxy) is 1. The Hall–Kier alpha value is -1.16. The van der Waals surface area contributed by atoms with Crippen LogP contribution in [-0.2, 0) is 14.3 Å². The van der Waals surface area contributed by atoms with Gasteiger partial charge < -0.3 is 9.84 Å². The highest BCUT2D eigenvalue weighted by Gasteiger charge is 2.24. The third-order valence-corrected chi connectivity index (χ3v) is 1.72. The van der Waals surface area contributed by atoms with Crippen molar-refractivity contribution in [1.82, 2.24) is 0 Å². The van der Waals surface area contributed by atoms with E-state index in [0.29, 0.717) is 0 Å². The van der Waals surface area contributed by atoms with Crippen LogP contribution in [0.4, 0.5) is 0 Å². The Balaban J connectivity index is 4.34. The predicted octanol–water partition coefficient (Wildman–Crippen LogP) is 0.836. The molecule has 0 heterocycles. The highest BCUT2D eigenvalue weighted by Crippen LogP contribution is 2.09. The van der Waals surface area contributed by atoms with Crippen LogP contribution in [0.5, 0.6) is 0 Å². The van der Waals surface area contributed by atoms with E-state index in [4.69, 9.17) is 0 Å². The van der Waals surface area contributed by atoms with Gasteiger partial charge in [0.2, 0.25) is 0 Å². The van der Waals surface area contributed by atoms with Gasteiger partial charge in [0.1, 0.15) is 5.60 Å². The van der Waals surface area contributed by atoms with Crippen molar-refractivity contribution in [3.8, 4) is 0 Å². The molecule has 80 valence electrons. The number of carbonyl (C=O) groups is 2. The molecule has 0 unspecified atom stereocenters. The van der Waals surface area contributed by atoms with Crippen molar-refractivity contribution in [2.24, 2.45) is 0 Å². The number of Topliss-reactive ketones (excluding diaryl/α,β-unsaturated/α-hetero) is 1. The summed E-state index contributed by atoms with van der Waals surface area (Å²) in [6.07, 6.45) is 2.44. The summed E-state index contributed by atoms with van der Waals surface area (Å²) >= 11 is 0. The molecule has 0 saturated heterocycles. The summed E-state index contributed by atoms with van der Waals surface area (Å²) in [7, 11) is 0. The largest absolute Gasteiger partial charge is 0.463 e. The second-order valence-electron chi connectivity index (χ2n) is 3.01. The van der Waals surface area contributed by atoms with Crippen molar-refractivity contribution in [3.05, 3.63) is 12.2 Å². The van der Waals surface area contributed by atoms with Gasteiger partial charge in [-0.05, 0) is 19.9 Å². The lowest BCUT2D eigenvalue weighted by Crippen LogP contribution is -2.32. The van der Waals surface area contributed by atoms with Gasteiger partial charge in [0, 0.05) is 12.5 Å². The minimum Gasteiger partial charge on any atom is -0.463 e. The Labute approximate surface area is 83.6 Å². The molecule has 4 nitrogen and oxygen atoms in total. The molecular formula is C10H16O4. The molecule has 1 atom stereocenters. The van der Waals surface area contributed by atoms with Gasteiger partial charge in [-0.2, -0.15) is 0 Å². The van der Waals surface area contributed by atoms with Crippen LogP contribution in [0.25, 0.3) is 0 Å². The summed E-state index contributed by atoms with van der Waals surface area (Å²) < 4.78 is 4.60. The lowest BCUT2D eigenvalue weighted by molar-refractivity contribution is -0.137. The van der Waals surface area contributed by atoms with Gasteiger partial charge in [0.15, 0.2) is 5.78 Å². The molecule has 1 N–H and O–H groups in total. The fraction of sp³-hybridized carbons (Fsp3) is 0.600. The Morgan fingerprint density at radius 1 is 1.43 bits per heavy atom. The van der Waals surface area contributed by atoms with Crippen LogP contribution >= 0.6 is 0 Å². The normalized spacial score (nSPS) is 15.1. The van der Waals surface area contributed by atoms with Gasteiger partial charge in [-0.15, -0.1) is 0 Å². The van der Waals surface area contributed by atoms with E-state index in [1.165, 1.54) is 6.92 Å².